The van der Waals surface area contributed by atoms with Crippen molar-refractivity contribution in [3.05, 3.63) is 146 Å². The first-order valence-corrected chi connectivity index (χ1v) is 18.1. The molecule has 0 saturated carbocycles. The number of fused-ring (bicyclic) bond motifs is 9. The van der Waals surface area contributed by atoms with Crippen LogP contribution in [0.1, 0.15) is 0 Å². The summed E-state index contributed by atoms with van der Waals surface area (Å²) in [4.78, 5) is -0.121. The van der Waals surface area contributed by atoms with Crippen LogP contribution in [-0.4, -0.2) is 16.8 Å². The highest BCUT2D eigenvalue weighted by Gasteiger charge is 2.40. The van der Waals surface area contributed by atoms with E-state index in [9.17, 15) is 16.8 Å². The molecular formula is C40H25NO4S2. The third-order valence-corrected chi connectivity index (χ3v) is 12.8. The van der Waals surface area contributed by atoms with Gasteiger partial charge in [-0.25, -0.2) is 16.8 Å². The fourth-order valence-corrected chi connectivity index (χ4v) is 10.8. The van der Waals surface area contributed by atoms with Crippen LogP contribution in [0.2, 0.25) is 0 Å². The molecule has 0 fully saturated rings. The standard InChI is InChI=1S/C40H25NO4S2/c42-46(43)39-35(31-19-17-25-9-1-3-11-27(25)21-31)23-29-13-5-7-15-33(29)37(39)38-34-16-8-6-14-30(34)24-36(40(38)47(44,45)41-46)32-20-18-26-10-2-4-12-28(26)22-32/h1-24,41H. The zero-order valence-corrected chi connectivity index (χ0v) is 26.4. The van der Waals surface area contributed by atoms with Crippen molar-refractivity contribution in [1.29, 1.82) is 0 Å². The van der Waals surface area contributed by atoms with Crippen LogP contribution in [0.5, 0.6) is 0 Å². The van der Waals surface area contributed by atoms with E-state index in [1.807, 2.05) is 146 Å². The molecule has 0 saturated heterocycles. The van der Waals surface area contributed by atoms with Gasteiger partial charge in [-0.15, -0.1) is 4.13 Å². The first-order valence-electron chi connectivity index (χ1n) is 15.2. The van der Waals surface area contributed by atoms with Gasteiger partial charge in [0.2, 0.25) is 0 Å². The highest BCUT2D eigenvalue weighted by molar-refractivity contribution is 8.05. The largest absolute Gasteiger partial charge is 0.255 e. The number of rotatable bonds is 2. The summed E-state index contributed by atoms with van der Waals surface area (Å²) in [6.07, 6.45) is 0. The van der Waals surface area contributed by atoms with Crippen LogP contribution in [0.3, 0.4) is 0 Å². The maximum atomic E-state index is 14.5. The van der Waals surface area contributed by atoms with E-state index in [2.05, 4.69) is 4.13 Å². The number of nitrogens with one attached hydrogen (secondary N) is 1. The van der Waals surface area contributed by atoms with E-state index in [-0.39, 0.29) is 9.79 Å². The Kier molecular flexibility index (Phi) is 5.99. The third kappa shape index (κ3) is 4.32. The van der Waals surface area contributed by atoms with Gasteiger partial charge in [-0.05, 0) is 78.5 Å². The summed E-state index contributed by atoms with van der Waals surface area (Å²) in [5.41, 5.74) is 2.95. The Morgan fingerprint density at radius 2 is 0.723 bits per heavy atom. The van der Waals surface area contributed by atoms with Crippen LogP contribution in [-0.2, 0) is 20.0 Å². The van der Waals surface area contributed by atoms with Crippen molar-refractivity contribution in [3.63, 3.8) is 0 Å². The molecule has 0 amide bonds. The second-order valence-corrected chi connectivity index (χ2v) is 15.4. The number of benzene rings is 8. The summed E-state index contributed by atoms with van der Waals surface area (Å²) >= 11 is 0. The van der Waals surface area contributed by atoms with Crippen molar-refractivity contribution in [2.45, 2.75) is 9.79 Å². The van der Waals surface area contributed by atoms with Crippen molar-refractivity contribution in [3.8, 4) is 33.4 Å². The zero-order valence-electron chi connectivity index (χ0n) is 24.8. The fourth-order valence-electron chi connectivity index (χ4n) is 7.08. The Bertz CT molecular complexity index is 2660. The monoisotopic (exact) mass is 647 g/mol. The number of hydrogen-bond acceptors (Lipinski definition) is 4. The van der Waals surface area contributed by atoms with Gasteiger partial charge >= 0.3 is 0 Å². The molecule has 1 aliphatic heterocycles. The first kappa shape index (κ1) is 27.9. The molecule has 9 rings (SSSR count). The van der Waals surface area contributed by atoms with Gasteiger partial charge in [-0.2, -0.15) is 0 Å². The Labute approximate surface area is 271 Å². The second-order valence-electron chi connectivity index (χ2n) is 11.9. The van der Waals surface area contributed by atoms with Crippen molar-refractivity contribution in [2.75, 3.05) is 0 Å². The lowest BCUT2D eigenvalue weighted by Crippen LogP contribution is -2.30. The van der Waals surface area contributed by atoms with Gasteiger partial charge in [0.25, 0.3) is 20.0 Å². The smallest absolute Gasteiger partial charge is 0.206 e. The SMILES string of the molecule is O=S1(=O)NS(=O)(=O)c2c(-c3ccc4ccccc4c3)cc3ccccc3c2-c2c1c(-c1ccc3ccccc3c1)cc1ccccc21. The lowest BCUT2D eigenvalue weighted by Gasteiger charge is -2.20. The van der Waals surface area contributed by atoms with Crippen LogP contribution < -0.4 is 4.13 Å². The average molecular weight is 648 g/mol. The van der Waals surface area contributed by atoms with Gasteiger partial charge in [-0.3, -0.25) is 0 Å². The van der Waals surface area contributed by atoms with Crippen LogP contribution in [0, 0.1) is 0 Å². The molecule has 0 unspecified atom stereocenters. The van der Waals surface area contributed by atoms with E-state index in [0.29, 0.717) is 44.2 Å². The van der Waals surface area contributed by atoms with Gasteiger partial charge in [0.1, 0.15) is 0 Å². The van der Waals surface area contributed by atoms with Crippen LogP contribution >= 0.6 is 0 Å². The molecule has 5 nitrogen and oxygen atoms in total. The third-order valence-electron chi connectivity index (χ3n) is 9.13. The van der Waals surface area contributed by atoms with Gasteiger partial charge < -0.3 is 0 Å². The highest BCUT2D eigenvalue weighted by atomic mass is 32.3. The summed E-state index contributed by atoms with van der Waals surface area (Å²) in [5.74, 6) is 0. The maximum Gasteiger partial charge on any atom is 0.255 e. The molecule has 1 aliphatic rings. The molecule has 0 bridgehead atoms. The maximum absolute atomic E-state index is 14.5. The first-order chi connectivity index (χ1) is 22.8. The van der Waals surface area contributed by atoms with Crippen molar-refractivity contribution in [1.82, 2.24) is 4.13 Å². The summed E-state index contributed by atoms with van der Waals surface area (Å²) in [6.45, 7) is 0. The lowest BCUT2D eigenvalue weighted by molar-refractivity contribution is 0.579. The van der Waals surface area contributed by atoms with Gasteiger partial charge in [0, 0.05) is 22.3 Å². The van der Waals surface area contributed by atoms with Crippen molar-refractivity contribution in [2.24, 2.45) is 0 Å². The topological polar surface area (TPSA) is 80.3 Å². The summed E-state index contributed by atoms with van der Waals surface area (Å²) in [6, 6.07) is 46.2. The molecule has 8 aromatic carbocycles. The van der Waals surface area contributed by atoms with Crippen LogP contribution in [0.4, 0.5) is 0 Å². The van der Waals surface area contributed by atoms with Gasteiger partial charge in [0.15, 0.2) is 0 Å². The quantitative estimate of drug-likeness (QED) is 0.203. The Hall–Kier alpha value is -5.34. The summed E-state index contributed by atoms with van der Waals surface area (Å²) in [5, 5.41) is 6.83. The fraction of sp³-hybridized carbons (Fsp3) is 0. The molecule has 226 valence electrons. The second kappa shape index (κ2) is 10.1. The van der Waals surface area contributed by atoms with Gasteiger partial charge in [-0.1, -0.05) is 121 Å². The van der Waals surface area contributed by atoms with E-state index in [1.54, 1.807) is 0 Å². The predicted molar refractivity (Wildman–Crippen MR) is 190 cm³/mol. The Morgan fingerprint density at radius 1 is 0.362 bits per heavy atom. The molecule has 0 aromatic heterocycles. The Morgan fingerprint density at radius 3 is 1.15 bits per heavy atom. The highest BCUT2D eigenvalue weighted by Crippen LogP contribution is 2.51. The van der Waals surface area contributed by atoms with Crippen LogP contribution in [0.15, 0.2) is 155 Å². The average Bonchev–Trinajstić information content (AvgIpc) is 3.16. The predicted octanol–water partition coefficient (Wildman–Crippen LogP) is 9.28. The molecule has 8 aromatic rings. The molecule has 7 heteroatoms. The molecule has 0 spiro atoms. The Balaban J connectivity index is 1.50. The van der Waals surface area contributed by atoms with E-state index in [1.165, 1.54) is 0 Å². The van der Waals surface area contributed by atoms with Crippen molar-refractivity contribution < 1.29 is 16.8 Å². The molecule has 0 atom stereocenters. The van der Waals surface area contributed by atoms with E-state index < -0.39 is 20.0 Å². The van der Waals surface area contributed by atoms with Crippen molar-refractivity contribution >= 4 is 63.1 Å². The molecule has 1 N–H and O–H groups in total. The zero-order chi connectivity index (χ0) is 31.9. The van der Waals surface area contributed by atoms with E-state index in [0.717, 1.165) is 32.3 Å². The summed E-state index contributed by atoms with van der Waals surface area (Å²) in [7, 11) is -9.24. The molecule has 47 heavy (non-hydrogen) atoms. The normalized spacial score (nSPS) is 15.0. The van der Waals surface area contributed by atoms with E-state index >= 15 is 0 Å². The minimum absolute atomic E-state index is 0.0605. The number of hydrogen-bond donors (Lipinski definition) is 1. The summed E-state index contributed by atoms with van der Waals surface area (Å²) < 4.78 is 60.4. The molecule has 0 radical (unpaired) electrons. The molecule has 1 heterocycles. The minimum Gasteiger partial charge on any atom is -0.206 e. The van der Waals surface area contributed by atoms with Gasteiger partial charge in [0.05, 0.1) is 9.79 Å². The molecular weight excluding hydrogens is 623 g/mol. The van der Waals surface area contributed by atoms with Crippen LogP contribution in [0.25, 0.3) is 76.5 Å². The minimum atomic E-state index is -4.62. The lowest BCUT2D eigenvalue weighted by atomic mass is 9.87. The van der Waals surface area contributed by atoms with E-state index in [4.69, 9.17) is 0 Å². The molecule has 0 aliphatic carbocycles. The number of sulfonamides is 2.